The van der Waals surface area contributed by atoms with Gasteiger partial charge in [-0.25, -0.2) is 19.7 Å². The zero-order valence-corrected chi connectivity index (χ0v) is 17.9. The summed E-state index contributed by atoms with van der Waals surface area (Å²) in [7, 11) is 0. The number of fused-ring (bicyclic) bond motifs is 1. The second-order valence-electron chi connectivity index (χ2n) is 8.55. The maximum absolute atomic E-state index is 12.4. The molecule has 1 atom stereocenters. The van der Waals surface area contributed by atoms with E-state index in [1.165, 1.54) is 0 Å². The number of carbonyl (C=O) groups excluding carboxylic acids is 1. The van der Waals surface area contributed by atoms with E-state index in [0.29, 0.717) is 30.3 Å². The number of hydrogen-bond donors (Lipinski definition) is 1. The first-order valence-corrected chi connectivity index (χ1v) is 10.3. The predicted octanol–water partition coefficient (Wildman–Crippen LogP) is 3.47. The predicted molar refractivity (Wildman–Crippen MR) is 115 cm³/mol. The normalized spacial score (nSPS) is 16.7. The van der Waals surface area contributed by atoms with Gasteiger partial charge in [0.05, 0.1) is 18.1 Å². The molecule has 3 aromatic rings. The molecule has 0 saturated carbocycles. The smallest absolute Gasteiger partial charge is 0.410 e. The van der Waals surface area contributed by atoms with Gasteiger partial charge in [-0.1, -0.05) is 6.07 Å². The third-order valence-electron chi connectivity index (χ3n) is 4.96. The van der Waals surface area contributed by atoms with Crippen molar-refractivity contribution in [3.05, 3.63) is 42.5 Å². The Hall–Kier alpha value is -3.67. The number of nitrogens with zero attached hydrogens (tertiary/aromatic N) is 6. The molecule has 1 N–H and O–H groups in total. The second kappa shape index (κ2) is 8.22. The number of nitrogens with one attached hydrogen (secondary N) is 1. The highest BCUT2D eigenvalue weighted by Crippen LogP contribution is 2.24. The van der Waals surface area contributed by atoms with Crippen molar-refractivity contribution in [3.8, 4) is 17.5 Å². The van der Waals surface area contributed by atoms with Gasteiger partial charge in [0.25, 0.3) is 0 Å². The van der Waals surface area contributed by atoms with E-state index in [1.807, 2.05) is 49.6 Å². The van der Waals surface area contributed by atoms with Crippen LogP contribution in [0, 0.1) is 11.3 Å². The van der Waals surface area contributed by atoms with Gasteiger partial charge in [-0.3, -0.25) is 4.40 Å². The summed E-state index contributed by atoms with van der Waals surface area (Å²) >= 11 is 0. The van der Waals surface area contributed by atoms with Gasteiger partial charge in [-0.15, -0.1) is 0 Å². The number of aromatic nitrogens is 4. The van der Waals surface area contributed by atoms with Crippen molar-refractivity contribution < 1.29 is 9.53 Å². The topological polar surface area (TPSA) is 108 Å². The summed E-state index contributed by atoms with van der Waals surface area (Å²) in [5.41, 5.74) is 1.63. The van der Waals surface area contributed by atoms with Gasteiger partial charge in [0.2, 0.25) is 0 Å². The van der Waals surface area contributed by atoms with E-state index in [4.69, 9.17) is 4.74 Å². The number of rotatable bonds is 3. The largest absolute Gasteiger partial charge is 0.444 e. The van der Waals surface area contributed by atoms with Crippen molar-refractivity contribution in [3.63, 3.8) is 0 Å². The van der Waals surface area contributed by atoms with Crippen LogP contribution in [0.4, 0.5) is 10.6 Å². The van der Waals surface area contributed by atoms with E-state index < -0.39 is 5.60 Å². The summed E-state index contributed by atoms with van der Waals surface area (Å²) in [6, 6.07) is 7.81. The highest BCUT2D eigenvalue weighted by Gasteiger charge is 2.28. The molecule has 31 heavy (non-hydrogen) atoms. The number of hydrogen-bond acceptors (Lipinski definition) is 7. The third kappa shape index (κ3) is 4.58. The van der Waals surface area contributed by atoms with E-state index in [-0.39, 0.29) is 17.8 Å². The molecule has 1 fully saturated rings. The molecule has 1 aliphatic rings. The first-order chi connectivity index (χ1) is 14.8. The number of imidazole rings is 1. The minimum Gasteiger partial charge on any atom is -0.444 e. The van der Waals surface area contributed by atoms with Gasteiger partial charge < -0.3 is 15.0 Å². The number of piperidine rings is 1. The molecule has 9 heteroatoms. The highest BCUT2D eigenvalue weighted by molar-refractivity contribution is 5.68. The lowest BCUT2D eigenvalue weighted by Crippen LogP contribution is -2.47. The third-order valence-corrected chi connectivity index (χ3v) is 4.96. The molecule has 3 aromatic heterocycles. The van der Waals surface area contributed by atoms with Gasteiger partial charge in [-0.2, -0.15) is 5.26 Å². The molecule has 0 radical (unpaired) electrons. The van der Waals surface area contributed by atoms with E-state index in [2.05, 4.69) is 26.3 Å². The Labute approximate surface area is 180 Å². The van der Waals surface area contributed by atoms with E-state index >= 15 is 0 Å². The number of nitriles is 1. The molecule has 0 bridgehead atoms. The summed E-state index contributed by atoms with van der Waals surface area (Å²) in [5, 5.41) is 12.9. The van der Waals surface area contributed by atoms with Crippen molar-refractivity contribution in [2.75, 3.05) is 18.4 Å². The number of pyridine rings is 1. The Morgan fingerprint density at radius 3 is 2.90 bits per heavy atom. The molecule has 4 rings (SSSR count). The maximum Gasteiger partial charge on any atom is 0.410 e. The summed E-state index contributed by atoms with van der Waals surface area (Å²) in [5.74, 6) is 0.552. The fourth-order valence-electron chi connectivity index (χ4n) is 3.62. The molecule has 0 aliphatic carbocycles. The number of ether oxygens (including phenoxy) is 1. The maximum atomic E-state index is 12.4. The highest BCUT2D eigenvalue weighted by atomic mass is 16.6. The van der Waals surface area contributed by atoms with E-state index in [0.717, 1.165) is 18.5 Å². The van der Waals surface area contributed by atoms with Gasteiger partial charge >= 0.3 is 6.09 Å². The zero-order valence-electron chi connectivity index (χ0n) is 17.9. The van der Waals surface area contributed by atoms with Crippen molar-refractivity contribution in [2.24, 2.45) is 0 Å². The lowest BCUT2D eigenvalue weighted by Gasteiger charge is -2.34. The molecule has 0 unspecified atom stereocenters. The molecular formula is C22H25N7O2. The summed E-state index contributed by atoms with van der Waals surface area (Å²) in [6.07, 6.45) is 6.57. The molecule has 9 nitrogen and oxygen atoms in total. The Morgan fingerprint density at radius 2 is 2.13 bits per heavy atom. The lowest BCUT2D eigenvalue weighted by molar-refractivity contribution is 0.0206. The summed E-state index contributed by atoms with van der Waals surface area (Å²) < 4.78 is 7.37. The first kappa shape index (κ1) is 20.6. The van der Waals surface area contributed by atoms with Crippen LogP contribution in [0.1, 0.15) is 39.3 Å². The van der Waals surface area contributed by atoms with Gasteiger partial charge in [0.1, 0.15) is 28.8 Å². The van der Waals surface area contributed by atoms with Crippen LogP contribution in [0.25, 0.3) is 17.0 Å². The number of anilines is 1. The Bertz CT molecular complexity index is 1140. The molecule has 0 spiro atoms. The van der Waals surface area contributed by atoms with Gasteiger partial charge in [-0.05, 0) is 45.7 Å². The van der Waals surface area contributed by atoms with Crippen LogP contribution < -0.4 is 5.32 Å². The fourth-order valence-corrected chi connectivity index (χ4v) is 3.62. The standard InChI is InChI=1S/C22H25N7O2/c1-22(2,3)31-21(30)28-9-6-7-15(14-28)26-18-13-24-16(11-23)20(27-18)17-12-25-19-8-4-5-10-29(17)19/h4-5,8,10,12-13,15H,6-7,9,14H2,1-3H3,(H,26,27)/t15-/m1/s1. The van der Waals surface area contributed by atoms with Crippen LogP contribution in [0.5, 0.6) is 0 Å². The number of amides is 1. The second-order valence-corrected chi connectivity index (χ2v) is 8.55. The van der Waals surface area contributed by atoms with Crippen LogP contribution in [0.15, 0.2) is 36.8 Å². The van der Waals surface area contributed by atoms with E-state index in [9.17, 15) is 10.1 Å². The SMILES string of the molecule is CC(C)(C)OC(=O)N1CCC[C@@H](Nc2cnc(C#N)c(-c3cnc4ccccn34)n2)C1. The summed E-state index contributed by atoms with van der Waals surface area (Å²) in [6.45, 7) is 6.76. The Morgan fingerprint density at radius 1 is 1.29 bits per heavy atom. The monoisotopic (exact) mass is 419 g/mol. The van der Waals surface area contributed by atoms with Crippen LogP contribution >= 0.6 is 0 Å². The molecule has 1 saturated heterocycles. The van der Waals surface area contributed by atoms with Crippen molar-refractivity contribution in [1.82, 2.24) is 24.3 Å². The van der Waals surface area contributed by atoms with E-state index in [1.54, 1.807) is 17.3 Å². The molecule has 0 aromatic carbocycles. The van der Waals surface area contributed by atoms with Crippen LogP contribution in [-0.2, 0) is 4.74 Å². The average Bonchev–Trinajstić information content (AvgIpc) is 3.17. The molecule has 1 amide bonds. The average molecular weight is 419 g/mol. The minimum atomic E-state index is -0.529. The first-order valence-electron chi connectivity index (χ1n) is 10.3. The van der Waals surface area contributed by atoms with Crippen molar-refractivity contribution in [2.45, 2.75) is 45.3 Å². The fraction of sp³-hybridized carbons (Fsp3) is 0.409. The number of carbonyl (C=O) groups is 1. The Balaban J connectivity index is 1.55. The summed E-state index contributed by atoms with van der Waals surface area (Å²) in [4.78, 5) is 27.5. The quantitative estimate of drug-likeness (QED) is 0.692. The van der Waals surface area contributed by atoms with Crippen molar-refractivity contribution >= 4 is 17.6 Å². The molecule has 4 heterocycles. The Kier molecular flexibility index (Phi) is 5.46. The molecule has 160 valence electrons. The van der Waals surface area contributed by atoms with Crippen molar-refractivity contribution in [1.29, 1.82) is 5.26 Å². The minimum absolute atomic E-state index is 0.0125. The van der Waals surface area contributed by atoms with Gasteiger partial charge in [0.15, 0.2) is 5.69 Å². The molecular weight excluding hydrogens is 394 g/mol. The lowest BCUT2D eigenvalue weighted by atomic mass is 10.1. The molecule has 1 aliphatic heterocycles. The van der Waals surface area contributed by atoms with Crippen LogP contribution in [0.3, 0.4) is 0 Å². The van der Waals surface area contributed by atoms with Gasteiger partial charge in [0, 0.05) is 25.3 Å². The van der Waals surface area contributed by atoms with Crippen LogP contribution in [-0.4, -0.2) is 55.1 Å². The zero-order chi connectivity index (χ0) is 22.0. The van der Waals surface area contributed by atoms with Crippen LogP contribution in [0.2, 0.25) is 0 Å². The number of likely N-dealkylation sites (tertiary alicyclic amines) is 1.